The van der Waals surface area contributed by atoms with Gasteiger partial charge in [0.2, 0.25) is 5.91 Å². The average Bonchev–Trinajstić information content (AvgIpc) is 3.23. The van der Waals surface area contributed by atoms with Crippen LogP contribution in [0.15, 0.2) is 12.5 Å². The van der Waals surface area contributed by atoms with Crippen LogP contribution >= 0.6 is 0 Å². The van der Waals surface area contributed by atoms with E-state index in [0.29, 0.717) is 32.2 Å². The molecule has 110 valence electrons. The number of amides is 1. The van der Waals surface area contributed by atoms with Crippen molar-refractivity contribution < 1.29 is 9.53 Å². The van der Waals surface area contributed by atoms with E-state index in [1.54, 1.807) is 0 Å². The molecular weight excluding hydrogens is 256 g/mol. The number of carbonyl (C=O) groups excluding carboxylic acids is 1. The van der Waals surface area contributed by atoms with Crippen molar-refractivity contribution in [3.63, 3.8) is 0 Å². The summed E-state index contributed by atoms with van der Waals surface area (Å²) >= 11 is 0. The zero-order valence-electron chi connectivity index (χ0n) is 11.8. The molecule has 6 nitrogen and oxygen atoms in total. The molecule has 1 aromatic rings. The van der Waals surface area contributed by atoms with Crippen LogP contribution in [0.2, 0.25) is 0 Å². The van der Waals surface area contributed by atoms with Gasteiger partial charge in [-0.2, -0.15) is 0 Å². The predicted molar refractivity (Wildman–Crippen MR) is 74.2 cm³/mol. The molecule has 6 heteroatoms. The Labute approximate surface area is 119 Å². The molecule has 2 aliphatic rings. The third kappa shape index (κ3) is 3.37. The highest BCUT2D eigenvalue weighted by atomic mass is 16.5. The van der Waals surface area contributed by atoms with Crippen molar-refractivity contribution in [3.8, 4) is 0 Å². The molecule has 3 rings (SSSR count). The number of carbonyl (C=O) groups is 1. The van der Waals surface area contributed by atoms with E-state index >= 15 is 0 Å². The van der Waals surface area contributed by atoms with E-state index in [9.17, 15) is 4.79 Å². The highest BCUT2D eigenvalue weighted by Gasteiger charge is 2.25. The minimum absolute atomic E-state index is 0.219. The quantitative estimate of drug-likeness (QED) is 0.772. The van der Waals surface area contributed by atoms with Gasteiger partial charge in [0.1, 0.15) is 0 Å². The second kappa shape index (κ2) is 6.37. The van der Waals surface area contributed by atoms with E-state index in [-0.39, 0.29) is 5.91 Å². The van der Waals surface area contributed by atoms with Crippen LogP contribution < -0.4 is 5.32 Å². The monoisotopic (exact) mass is 278 g/mol. The van der Waals surface area contributed by atoms with Crippen LogP contribution in [0, 0.1) is 0 Å². The summed E-state index contributed by atoms with van der Waals surface area (Å²) in [5.41, 5.74) is 1.21. The SMILES string of the molecule is O=C(CCNCc1cncn1C1CC1)N1CCOCC1. The first kappa shape index (κ1) is 13.6. The fraction of sp³-hybridized carbons (Fsp3) is 0.714. The van der Waals surface area contributed by atoms with Crippen LogP contribution in [0.5, 0.6) is 0 Å². The van der Waals surface area contributed by atoms with Crippen LogP contribution in [-0.2, 0) is 16.1 Å². The van der Waals surface area contributed by atoms with Gasteiger partial charge in [-0.25, -0.2) is 4.98 Å². The Morgan fingerprint density at radius 1 is 1.40 bits per heavy atom. The van der Waals surface area contributed by atoms with Gasteiger partial charge in [0, 0.05) is 44.8 Å². The van der Waals surface area contributed by atoms with Gasteiger partial charge >= 0.3 is 0 Å². The molecule has 1 aliphatic heterocycles. The smallest absolute Gasteiger partial charge is 0.224 e. The van der Waals surface area contributed by atoms with Crippen molar-refractivity contribution in [3.05, 3.63) is 18.2 Å². The van der Waals surface area contributed by atoms with E-state index in [4.69, 9.17) is 4.74 Å². The highest BCUT2D eigenvalue weighted by Crippen LogP contribution is 2.35. The van der Waals surface area contributed by atoms with Gasteiger partial charge in [-0.3, -0.25) is 4.79 Å². The van der Waals surface area contributed by atoms with Crippen molar-refractivity contribution >= 4 is 5.91 Å². The van der Waals surface area contributed by atoms with E-state index < -0.39 is 0 Å². The first-order chi connectivity index (χ1) is 9.84. The predicted octanol–water partition coefficient (Wildman–Crippen LogP) is 0.556. The Balaban J connectivity index is 1.37. The highest BCUT2D eigenvalue weighted by molar-refractivity contribution is 5.76. The normalized spacial score (nSPS) is 19.3. The largest absolute Gasteiger partial charge is 0.378 e. The maximum absolute atomic E-state index is 12.0. The number of rotatable bonds is 6. The lowest BCUT2D eigenvalue weighted by molar-refractivity contribution is -0.135. The zero-order valence-corrected chi connectivity index (χ0v) is 11.8. The lowest BCUT2D eigenvalue weighted by atomic mass is 10.3. The summed E-state index contributed by atoms with van der Waals surface area (Å²) in [4.78, 5) is 18.1. The molecule has 1 amide bonds. The third-order valence-electron chi connectivity index (χ3n) is 3.87. The minimum Gasteiger partial charge on any atom is -0.378 e. The lowest BCUT2D eigenvalue weighted by Crippen LogP contribution is -2.41. The molecule has 0 atom stereocenters. The Bertz CT molecular complexity index is 450. The first-order valence-corrected chi connectivity index (χ1v) is 7.41. The maximum Gasteiger partial charge on any atom is 0.224 e. The van der Waals surface area contributed by atoms with Crippen LogP contribution in [0.4, 0.5) is 0 Å². The van der Waals surface area contributed by atoms with Crippen LogP contribution in [0.3, 0.4) is 0 Å². The van der Waals surface area contributed by atoms with Gasteiger partial charge in [-0.1, -0.05) is 0 Å². The van der Waals surface area contributed by atoms with Crippen molar-refractivity contribution in [1.29, 1.82) is 0 Å². The van der Waals surface area contributed by atoms with Gasteiger partial charge in [0.25, 0.3) is 0 Å². The Morgan fingerprint density at radius 2 is 2.20 bits per heavy atom. The summed E-state index contributed by atoms with van der Waals surface area (Å²) in [6.45, 7) is 4.29. The van der Waals surface area contributed by atoms with Crippen LogP contribution in [-0.4, -0.2) is 53.2 Å². The average molecular weight is 278 g/mol. The molecule has 0 unspecified atom stereocenters. The van der Waals surface area contributed by atoms with Crippen molar-refractivity contribution in [2.75, 3.05) is 32.8 Å². The molecule has 1 saturated carbocycles. The molecular formula is C14H22N4O2. The molecule has 2 fully saturated rings. The maximum atomic E-state index is 12.0. The van der Waals surface area contributed by atoms with Crippen molar-refractivity contribution in [2.24, 2.45) is 0 Å². The zero-order chi connectivity index (χ0) is 13.8. The topological polar surface area (TPSA) is 59.4 Å². The summed E-state index contributed by atoms with van der Waals surface area (Å²) < 4.78 is 7.49. The Hall–Kier alpha value is -1.40. The lowest BCUT2D eigenvalue weighted by Gasteiger charge is -2.26. The first-order valence-electron chi connectivity index (χ1n) is 7.41. The van der Waals surface area contributed by atoms with Gasteiger partial charge in [0.15, 0.2) is 0 Å². The van der Waals surface area contributed by atoms with E-state index in [0.717, 1.165) is 19.6 Å². The van der Waals surface area contributed by atoms with Gasteiger partial charge in [0.05, 0.1) is 25.2 Å². The van der Waals surface area contributed by atoms with Gasteiger partial charge < -0.3 is 19.5 Å². The van der Waals surface area contributed by atoms with Crippen LogP contribution in [0.1, 0.15) is 31.0 Å². The van der Waals surface area contributed by atoms with E-state index in [1.165, 1.54) is 18.5 Å². The molecule has 1 aromatic heterocycles. The fourth-order valence-corrected chi connectivity index (χ4v) is 2.53. The summed E-state index contributed by atoms with van der Waals surface area (Å²) in [6, 6.07) is 0.657. The minimum atomic E-state index is 0.219. The van der Waals surface area contributed by atoms with Crippen molar-refractivity contribution in [1.82, 2.24) is 19.8 Å². The molecule has 1 aliphatic carbocycles. The summed E-state index contributed by atoms with van der Waals surface area (Å²) in [6.07, 6.45) is 6.90. The number of ether oxygens (including phenoxy) is 1. The molecule has 2 heterocycles. The second-order valence-electron chi connectivity index (χ2n) is 5.44. The summed E-state index contributed by atoms with van der Waals surface area (Å²) in [5, 5.41) is 3.34. The van der Waals surface area contributed by atoms with Gasteiger partial charge in [-0.15, -0.1) is 0 Å². The number of imidazole rings is 1. The number of hydrogen-bond donors (Lipinski definition) is 1. The number of morpholine rings is 1. The third-order valence-corrected chi connectivity index (χ3v) is 3.87. The number of nitrogens with zero attached hydrogens (tertiary/aromatic N) is 3. The van der Waals surface area contributed by atoms with Crippen LogP contribution in [0.25, 0.3) is 0 Å². The molecule has 0 aromatic carbocycles. The summed E-state index contributed by atoms with van der Waals surface area (Å²) in [7, 11) is 0. The standard InChI is InChI=1S/C14H22N4O2/c19-14(17-5-7-20-8-6-17)3-4-15-9-13-10-16-11-18(13)12-1-2-12/h10-12,15H,1-9H2. The second-order valence-corrected chi connectivity index (χ2v) is 5.44. The molecule has 0 bridgehead atoms. The van der Waals surface area contributed by atoms with E-state index in [1.807, 2.05) is 17.4 Å². The molecule has 0 spiro atoms. The molecule has 1 saturated heterocycles. The Morgan fingerprint density at radius 3 is 2.95 bits per heavy atom. The molecule has 20 heavy (non-hydrogen) atoms. The molecule has 1 N–H and O–H groups in total. The fourth-order valence-electron chi connectivity index (χ4n) is 2.53. The van der Waals surface area contributed by atoms with Crippen molar-refractivity contribution in [2.45, 2.75) is 31.8 Å². The molecule has 0 radical (unpaired) electrons. The Kier molecular flexibility index (Phi) is 4.32. The number of hydrogen-bond acceptors (Lipinski definition) is 4. The number of aromatic nitrogens is 2. The van der Waals surface area contributed by atoms with E-state index in [2.05, 4.69) is 14.9 Å². The number of nitrogens with one attached hydrogen (secondary N) is 1. The van der Waals surface area contributed by atoms with Gasteiger partial charge in [-0.05, 0) is 12.8 Å². The summed E-state index contributed by atoms with van der Waals surface area (Å²) in [5.74, 6) is 0.219.